The highest BCUT2D eigenvalue weighted by Gasteiger charge is 2.24. The Bertz CT molecular complexity index is 800. The summed E-state index contributed by atoms with van der Waals surface area (Å²) in [5.41, 5.74) is 0.771. The molecule has 5 nitrogen and oxygen atoms in total. The molecule has 0 saturated heterocycles. The number of halogens is 3. The predicted molar refractivity (Wildman–Crippen MR) is 96.3 cm³/mol. The van der Waals surface area contributed by atoms with Crippen LogP contribution in [0.15, 0.2) is 42.5 Å². The van der Waals surface area contributed by atoms with Crippen molar-refractivity contribution in [3.05, 3.63) is 59.1 Å². The molecule has 0 aromatic heterocycles. The zero-order chi connectivity index (χ0) is 19.3. The lowest BCUT2D eigenvalue weighted by Gasteiger charge is -2.21. The maximum absolute atomic E-state index is 13.0. The zero-order valence-electron chi connectivity index (χ0n) is 14.3. The van der Waals surface area contributed by atoms with E-state index in [1.807, 2.05) is 0 Å². The summed E-state index contributed by atoms with van der Waals surface area (Å²) in [4.78, 5) is 25.0. The highest BCUT2D eigenvalue weighted by atomic mass is 35.5. The minimum absolute atomic E-state index is 0.0309. The first kappa shape index (κ1) is 19.8. The van der Waals surface area contributed by atoms with Gasteiger partial charge in [-0.3, -0.25) is 9.59 Å². The third-order valence-electron chi connectivity index (χ3n) is 3.89. The van der Waals surface area contributed by atoms with Crippen molar-refractivity contribution in [2.24, 2.45) is 0 Å². The quantitative estimate of drug-likeness (QED) is 0.716. The molecule has 0 aliphatic carbocycles. The number of anilines is 2. The number of quaternary nitrogens is 1. The van der Waals surface area contributed by atoms with E-state index in [1.54, 1.807) is 14.0 Å². The summed E-state index contributed by atoms with van der Waals surface area (Å²) in [5.74, 6) is -1.56. The van der Waals surface area contributed by atoms with Crippen LogP contribution in [0.5, 0.6) is 0 Å². The van der Waals surface area contributed by atoms with Crippen LogP contribution in [-0.4, -0.2) is 31.4 Å². The molecular weight excluding hydrogens is 364 g/mol. The molecule has 0 spiro atoms. The number of hydrogen-bond donors (Lipinski definition) is 3. The van der Waals surface area contributed by atoms with E-state index in [4.69, 9.17) is 11.6 Å². The second-order valence-corrected chi connectivity index (χ2v) is 6.32. The summed E-state index contributed by atoms with van der Waals surface area (Å²) in [6.07, 6.45) is 0. The molecule has 0 heterocycles. The van der Waals surface area contributed by atoms with Gasteiger partial charge < -0.3 is 15.5 Å². The normalized spacial score (nSPS) is 13.0. The van der Waals surface area contributed by atoms with E-state index >= 15 is 0 Å². The third-order valence-corrected chi connectivity index (χ3v) is 4.20. The van der Waals surface area contributed by atoms with Gasteiger partial charge in [0.25, 0.3) is 11.8 Å². The van der Waals surface area contributed by atoms with Crippen LogP contribution < -0.4 is 15.5 Å². The molecule has 0 aliphatic rings. The van der Waals surface area contributed by atoms with E-state index in [0.717, 1.165) is 6.07 Å². The van der Waals surface area contributed by atoms with Crippen molar-refractivity contribution in [2.75, 3.05) is 24.2 Å². The van der Waals surface area contributed by atoms with E-state index < -0.39 is 17.7 Å². The lowest BCUT2D eigenvalue weighted by atomic mass is 10.2. The molecular formula is C18H19ClF2N3O2+. The number of carbonyl (C=O) groups is 2. The number of carbonyl (C=O) groups excluding carboxylic acids is 2. The van der Waals surface area contributed by atoms with Crippen molar-refractivity contribution in [1.29, 1.82) is 0 Å². The summed E-state index contributed by atoms with van der Waals surface area (Å²) in [6.45, 7) is 1.69. The van der Waals surface area contributed by atoms with Crippen molar-refractivity contribution in [1.82, 2.24) is 0 Å². The Kier molecular flexibility index (Phi) is 6.65. The molecule has 0 bridgehead atoms. The maximum Gasteiger partial charge on any atom is 0.282 e. The largest absolute Gasteiger partial charge is 0.321 e. The van der Waals surface area contributed by atoms with E-state index in [1.165, 1.54) is 36.4 Å². The lowest BCUT2D eigenvalue weighted by Crippen LogP contribution is -3.14. The van der Waals surface area contributed by atoms with Crippen LogP contribution in [0.4, 0.5) is 20.2 Å². The summed E-state index contributed by atoms with van der Waals surface area (Å²) >= 11 is 5.89. The Labute approximate surface area is 154 Å². The van der Waals surface area contributed by atoms with Gasteiger partial charge in [-0.25, -0.2) is 8.78 Å². The molecule has 1 unspecified atom stereocenters. The molecule has 8 heteroatoms. The molecule has 2 aromatic carbocycles. The average molecular weight is 383 g/mol. The smallest absolute Gasteiger partial charge is 0.282 e. The molecule has 138 valence electrons. The molecule has 0 aliphatic heterocycles. The number of benzene rings is 2. The SMILES string of the molecule is C[C@H](C(=O)Nc1ccc(F)cc1Cl)[NH+](C)CC(=O)Nc1ccc(F)cc1. The Morgan fingerprint density at radius 1 is 1.08 bits per heavy atom. The van der Waals surface area contributed by atoms with Crippen LogP contribution in [0, 0.1) is 11.6 Å². The van der Waals surface area contributed by atoms with Crippen LogP contribution in [0.25, 0.3) is 0 Å². The number of amides is 2. The monoisotopic (exact) mass is 382 g/mol. The molecule has 0 radical (unpaired) electrons. The summed E-state index contributed by atoms with van der Waals surface area (Å²) < 4.78 is 25.9. The summed E-state index contributed by atoms with van der Waals surface area (Å²) in [6, 6.07) is 8.51. The van der Waals surface area contributed by atoms with E-state index in [0.29, 0.717) is 16.3 Å². The van der Waals surface area contributed by atoms with Crippen LogP contribution >= 0.6 is 11.6 Å². The van der Waals surface area contributed by atoms with Gasteiger partial charge in [0.15, 0.2) is 12.6 Å². The number of hydrogen-bond acceptors (Lipinski definition) is 2. The standard InChI is InChI=1S/C18H18ClF2N3O2/c1-11(18(26)23-16-8-5-13(21)9-15(16)19)24(2)10-17(25)22-14-6-3-12(20)4-7-14/h3-9,11H,10H2,1-2H3,(H,22,25)(H,23,26)/p+1/t11-/m1/s1. The Hall–Kier alpha value is -2.51. The van der Waals surface area contributed by atoms with E-state index in [2.05, 4.69) is 10.6 Å². The minimum Gasteiger partial charge on any atom is -0.321 e. The van der Waals surface area contributed by atoms with Gasteiger partial charge in [0.2, 0.25) is 0 Å². The summed E-state index contributed by atoms with van der Waals surface area (Å²) in [7, 11) is 1.70. The van der Waals surface area contributed by atoms with Crippen molar-refractivity contribution in [3.63, 3.8) is 0 Å². The van der Waals surface area contributed by atoms with Gasteiger partial charge in [-0.2, -0.15) is 0 Å². The molecule has 3 N–H and O–H groups in total. The van der Waals surface area contributed by atoms with Crippen molar-refractivity contribution in [3.8, 4) is 0 Å². The molecule has 26 heavy (non-hydrogen) atoms. The zero-order valence-corrected chi connectivity index (χ0v) is 15.0. The first-order chi connectivity index (χ1) is 12.3. The number of nitrogens with one attached hydrogen (secondary N) is 3. The molecule has 0 saturated carbocycles. The summed E-state index contributed by atoms with van der Waals surface area (Å²) in [5, 5.41) is 5.35. The molecule has 2 atom stereocenters. The highest BCUT2D eigenvalue weighted by Crippen LogP contribution is 2.22. The van der Waals surface area contributed by atoms with Gasteiger partial charge >= 0.3 is 0 Å². The fraction of sp³-hybridized carbons (Fsp3) is 0.222. The molecule has 2 rings (SSSR count). The van der Waals surface area contributed by atoms with E-state index in [9.17, 15) is 18.4 Å². The Morgan fingerprint density at radius 3 is 2.31 bits per heavy atom. The number of likely N-dealkylation sites (N-methyl/N-ethyl adjacent to an activating group) is 1. The lowest BCUT2D eigenvalue weighted by molar-refractivity contribution is -0.885. The van der Waals surface area contributed by atoms with Crippen LogP contribution in [0.1, 0.15) is 6.92 Å². The Morgan fingerprint density at radius 2 is 1.69 bits per heavy atom. The highest BCUT2D eigenvalue weighted by molar-refractivity contribution is 6.33. The second kappa shape index (κ2) is 8.73. The third kappa shape index (κ3) is 5.50. The fourth-order valence-corrected chi connectivity index (χ4v) is 2.41. The fourth-order valence-electron chi connectivity index (χ4n) is 2.20. The topological polar surface area (TPSA) is 62.6 Å². The van der Waals surface area contributed by atoms with Crippen LogP contribution in [0.3, 0.4) is 0 Å². The van der Waals surface area contributed by atoms with Gasteiger partial charge in [0, 0.05) is 5.69 Å². The Balaban J connectivity index is 1.90. The van der Waals surface area contributed by atoms with Gasteiger partial charge in [-0.15, -0.1) is 0 Å². The first-order valence-corrected chi connectivity index (χ1v) is 8.27. The second-order valence-electron chi connectivity index (χ2n) is 5.91. The molecule has 2 aromatic rings. The molecule has 2 amide bonds. The van der Waals surface area contributed by atoms with Gasteiger partial charge in [0.05, 0.1) is 17.8 Å². The van der Waals surface area contributed by atoms with Gasteiger partial charge in [-0.05, 0) is 49.4 Å². The van der Waals surface area contributed by atoms with Gasteiger partial charge in [-0.1, -0.05) is 11.6 Å². The van der Waals surface area contributed by atoms with Gasteiger partial charge in [0.1, 0.15) is 11.6 Å². The average Bonchev–Trinajstić information content (AvgIpc) is 2.58. The minimum atomic E-state index is -0.560. The molecule has 0 fully saturated rings. The van der Waals surface area contributed by atoms with E-state index in [-0.39, 0.29) is 23.4 Å². The number of rotatable bonds is 6. The van der Waals surface area contributed by atoms with Crippen molar-refractivity contribution >= 4 is 34.8 Å². The van der Waals surface area contributed by atoms with Crippen molar-refractivity contribution in [2.45, 2.75) is 13.0 Å². The van der Waals surface area contributed by atoms with Crippen LogP contribution in [0.2, 0.25) is 5.02 Å². The van der Waals surface area contributed by atoms with Crippen molar-refractivity contribution < 1.29 is 23.3 Å². The first-order valence-electron chi connectivity index (χ1n) is 7.90. The maximum atomic E-state index is 13.0. The predicted octanol–water partition coefficient (Wildman–Crippen LogP) is 2.10. The van der Waals surface area contributed by atoms with Crippen LogP contribution in [-0.2, 0) is 9.59 Å².